The van der Waals surface area contributed by atoms with Crippen molar-refractivity contribution in [3.05, 3.63) is 57.1 Å². The number of nitro groups is 1. The van der Waals surface area contributed by atoms with Gasteiger partial charge in [0.05, 0.1) is 4.92 Å². The maximum absolute atomic E-state index is 10.5. The van der Waals surface area contributed by atoms with E-state index in [1.54, 1.807) is 12.1 Å². The van der Waals surface area contributed by atoms with Crippen molar-refractivity contribution >= 4 is 21.6 Å². The van der Waals surface area contributed by atoms with E-state index >= 15 is 0 Å². The third-order valence-corrected chi connectivity index (χ3v) is 2.69. The summed E-state index contributed by atoms with van der Waals surface area (Å²) in [5.74, 6) is 0.684. The Morgan fingerprint density at radius 1 is 1.17 bits per heavy atom. The fourth-order valence-corrected chi connectivity index (χ4v) is 1.67. The molecular formula is C12H8BrNO4. The van der Waals surface area contributed by atoms with Crippen molar-refractivity contribution in [2.75, 3.05) is 0 Å². The van der Waals surface area contributed by atoms with Crippen LogP contribution in [0, 0.1) is 10.1 Å². The van der Waals surface area contributed by atoms with Crippen molar-refractivity contribution in [3.63, 3.8) is 0 Å². The smallest absolute Gasteiger partial charge is 0.269 e. The molecule has 0 fully saturated rings. The van der Waals surface area contributed by atoms with Crippen LogP contribution >= 0.6 is 15.9 Å². The number of hydrogen-bond acceptors (Lipinski definition) is 4. The Balaban J connectivity index is 2.23. The molecule has 0 aromatic heterocycles. The summed E-state index contributed by atoms with van der Waals surface area (Å²) in [6.07, 6.45) is 0. The van der Waals surface area contributed by atoms with Gasteiger partial charge in [-0.15, -0.1) is 0 Å². The monoisotopic (exact) mass is 309 g/mol. The highest BCUT2D eigenvalue weighted by atomic mass is 79.9. The molecule has 5 nitrogen and oxygen atoms in total. The van der Waals surface area contributed by atoms with Crippen molar-refractivity contribution in [1.29, 1.82) is 0 Å². The predicted molar refractivity (Wildman–Crippen MR) is 69.0 cm³/mol. The highest BCUT2D eigenvalue weighted by Crippen LogP contribution is 2.33. The van der Waals surface area contributed by atoms with Crippen molar-refractivity contribution in [2.24, 2.45) is 0 Å². The number of phenolic OH excluding ortho intramolecular Hbond substituents is 1. The Morgan fingerprint density at radius 2 is 1.83 bits per heavy atom. The molecule has 2 aromatic carbocycles. The Morgan fingerprint density at radius 3 is 2.44 bits per heavy atom. The van der Waals surface area contributed by atoms with Crippen LogP contribution in [-0.4, -0.2) is 10.0 Å². The second-order valence-electron chi connectivity index (χ2n) is 3.47. The van der Waals surface area contributed by atoms with Gasteiger partial charge in [-0.1, -0.05) is 15.9 Å². The number of halogens is 1. The maximum atomic E-state index is 10.5. The summed E-state index contributed by atoms with van der Waals surface area (Å²) >= 11 is 3.26. The van der Waals surface area contributed by atoms with E-state index in [2.05, 4.69) is 15.9 Å². The lowest BCUT2D eigenvalue weighted by atomic mass is 10.3. The standard InChI is InChI=1S/C12H8BrNO4/c13-8-1-6-11(15)12(7-8)18-10-4-2-9(3-5-10)14(16)17/h1-7,15H. The van der Waals surface area contributed by atoms with Gasteiger partial charge in [0, 0.05) is 16.6 Å². The van der Waals surface area contributed by atoms with Gasteiger partial charge in [-0.25, -0.2) is 0 Å². The molecule has 0 amide bonds. The zero-order valence-electron chi connectivity index (χ0n) is 9.04. The molecule has 18 heavy (non-hydrogen) atoms. The Labute approximate surface area is 111 Å². The van der Waals surface area contributed by atoms with Gasteiger partial charge < -0.3 is 9.84 Å². The maximum Gasteiger partial charge on any atom is 0.269 e. The van der Waals surface area contributed by atoms with Crippen molar-refractivity contribution in [1.82, 2.24) is 0 Å². The minimum atomic E-state index is -0.486. The number of benzene rings is 2. The van der Waals surface area contributed by atoms with Crippen LogP contribution in [-0.2, 0) is 0 Å². The summed E-state index contributed by atoms with van der Waals surface area (Å²) in [5, 5.41) is 20.1. The first-order chi connectivity index (χ1) is 8.56. The van der Waals surface area contributed by atoms with Gasteiger partial charge >= 0.3 is 0 Å². The molecular weight excluding hydrogens is 302 g/mol. The number of hydrogen-bond donors (Lipinski definition) is 1. The summed E-state index contributed by atoms with van der Waals surface area (Å²) < 4.78 is 6.18. The molecule has 0 aliphatic rings. The molecule has 0 saturated carbocycles. The lowest BCUT2D eigenvalue weighted by molar-refractivity contribution is -0.384. The molecule has 0 atom stereocenters. The Bertz CT molecular complexity index is 583. The summed E-state index contributed by atoms with van der Waals surface area (Å²) in [6.45, 7) is 0. The van der Waals surface area contributed by atoms with Crippen molar-refractivity contribution in [3.8, 4) is 17.2 Å². The molecule has 0 bridgehead atoms. The van der Waals surface area contributed by atoms with Gasteiger partial charge in [0.1, 0.15) is 5.75 Å². The number of non-ortho nitro benzene ring substituents is 1. The number of phenols is 1. The van der Waals surface area contributed by atoms with Crippen LogP contribution in [0.4, 0.5) is 5.69 Å². The summed E-state index contributed by atoms with van der Waals surface area (Å²) in [7, 11) is 0. The Kier molecular flexibility index (Phi) is 3.47. The fourth-order valence-electron chi connectivity index (χ4n) is 1.33. The average Bonchev–Trinajstić information content (AvgIpc) is 2.34. The van der Waals surface area contributed by atoms with Gasteiger partial charge in [0.25, 0.3) is 5.69 Å². The lowest BCUT2D eigenvalue weighted by Gasteiger charge is -2.07. The van der Waals surface area contributed by atoms with Crippen LogP contribution in [0.1, 0.15) is 0 Å². The number of ether oxygens (including phenoxy) is 1. The third-order valence-electron chi connectivity index (χ3n) is 2.20. The van der Waals surface area contributed by atoms with Gasteiger partial charge in [0.15, 0.2) is 11.5 Å². The summed E-state index contributed by atoms with van der Waals surface area (Å²) in [5.41, 5.74) is -0.0131. The first-order valence-corrected chi connectivity index (χ1v) is 5.76. The van der Waals surface area contributed by atoms with Crippen LogP contribution in [0.5, 0.6) is 17.2 Å². The topological polar surface area (TPSA) is 72.6 Å². The van der Waals surface area contributed by atoms with E-state index < -0.39 is 4.92 Å². The minimum Gasteiger partial charge on any atom is -0.504 e. The van der Waals surface area contributed by atoms with Crippen LogP contribution in [0.15, 0.2) is 46.9 Å². The van der Waals surface area contributed by atoms with Gasteiger partial charge in [0.2, 0.25) is 0 Å². The third kappa shape index (κ3) is 2.78. The van der Waals surface area contributed by atoms with Gasteiger partial charge in [-0.3, -0.25) is 10.1 Å². The second-order valence-corrected chi connectivity index (χ2v) is 4.38. The van der Waals surface area contributed by atoms with Crippen LogP contribution < -0.4 is 4.74 Å². The predicted octanol–water partition coefficient (Wildman–Crippen LogP) is 3.86. The number of nitro benzene ring substituents is 1. The average molecular weight is 310 g/mol. The van der Waals surface area contributed by atoms with E-state index in [0.29, 0.717) is 5.75 Å². The molecule has 92 valence electrons. The summed E-state index contributed by atoms with van der Waals surface area (Å²) in [4.78, 5) is 10.0. The largest absolute Gasteiger partial charge is 0.504 e. The van der Waals surface area contributed by atoms with E-state index in [1.165, 1.54) is 30.3 Å². The molecule has 0 spiro atoms. The molecule has 0 aliphatic heterocycles. The van der Waals surface area contributed by atoms with E-state index in [0.717, 1.165) is 4.47 Å². The molecule has 6 heteroatoms. The number of aromatic hydroxyl groups is 1. The van der Waals surface area contributed by atoms with Crippen LogP contribution in [0.25, 0.3) is 0 Å². The zero-order chi connectivity index (χ0) is 13.1. The van der Waals surface area contributed by atoms with Crippen molar-refractivity contribution in [2.45, 2.75) is 0 Å². The molecule has 0 saturated heterocycles. The molecule has 1 N–H and O–H groups in total. The zero-order valence-corrected chi connectivity index (χ0v) is 10.6. The molecule has 0 radical (unpaired) electrons. The van der Waals surface area contributed by atoms with E-state index in [1.807, 2.05) is 0 Å². The minimum absolute atomic E-state index is 0.00319. The molecule has 0 aliphatic carbocycles. The highest BCUT2D eigenvalue weighted by Gasteiger charge is 2.07. The molecule has 2 aromatic rings. The second kappa shape index (κ2) is 5.05. The molecule has 2 rings (SSSR count). The number of rotatable bonds is 3. The van der Waals surface area contributed by atoms with Gasteiger partial charge in [-0.2, -0.15) is 0 Å². The van der Waals surface area contributed by atoms with E-state index in [-0.39, 0.29) is 17.2 Å². The van der Waals surface area contributed by atoms with Crippen LogP contribution in [0.3, 0.4) is 0 Å². The van der Waals surface area contributed by atoms with E-state index in [9.17, 15) is 15.2 Å². The molecule has 0 unspecified atom stereocenters. The highest BCUT2D eigenvalue weighted by molar-refractivity contribution is 9.10. The lowest BCUT2D eigenvalue weighted by Crippen LogP contribution is -1.88. The number of nitrogens with zero attached hydrogens (tertiary/aromatic N) is 1. The quantitative estimate of drug-likeness (QED) is 0.690. The molecule has 0 heterocycles. The van der Waals surface area contributed by atoms with Crippen molar-refractivity contribution < 1.29 is 14.8 Å². The van der Waals surface area contributed by atoms with E-state index in [4.69, 9.17) is 4.74 Å². The SMILES string of the molecule is O=[N+]([O-])c1ccc(Oc2cc(Br)ccc2O)cc1. The fraction of sp³-hybridized carbons (Fsp3) is 0. The first-order valence-electron chi connectivity index (χ1n) is 4.97. The summed E-state index contributed by atoms with van der Waals surface area (Å²) in [6, 6.07) is 10.4. The normalized spacial score (nSPS) is 10.1. The Hall–Kier alpha value is -2.08. The van der Waals surface area contributed by atoms with Gasteiger partial charge in [-0.05, 0) is 30.3 Å². The van der Waals surface area contributed by atoms with Crippen LogP contribution in [0.2, 0.25) is 0 Å². The first kappa shape index (κ1) is 12.4.